The van der Waals surface area contributed by atoms with E-state index in [2.05, 4.69) is 5.32 Å². The van der Waals surface area contributed by atoms with E-state index in [1.165, 1.54) is 25.3 Å². The highest BCUT2D eigenvalue weighted by atomic mass is 16.6. The Labute approximate surface area is 166 Å². The van der Waals surface area contributed by atoms with Crippen molar-refractivity contribution < 1.29 is 14.5 Å². The summed E-state index contributed by atoms with van der Waals surface area (Å²) in [6.07, 6.45) is 8.53. The smallest absolute Gasteiger partial charge is 0.293 e. The number of hydrogen-bond acceptors (Lipinski definition) is 5. The van der Waals surface area contributed by atoms with E-state index in [1.807, 2.05) is 18.7 Å². The number of piperidine rings is 1. The molecular formula is C21H31N3O4. The van der Waals surface area contributed by atoms with Crippen LogP contribution in [-0.4, -0.2) is 42.2 Å². The third kappa shape index (κ3) is 5.22. The summed E-state index contributed by atoms with van der Waals surface area (Å²) in [4.78, 5) is 25.4. The first-order chi connectivity index (χ1) is 13.4. The summed E-state index contributed by atoms with van der Waals surface area (Å²) in [6, 6.07) is 4.74. The van der Waals surface area contributed by atoms with E-state index in [4.69, 9.17) is 4.74 Å². The number of rotatable bonds is 6. The van der Waals surface area contributed by atoms with Gasteiger partial charge in [-0.05, 0) is 51.7 Å². The van der Waals surface area contributed by atoms with Crippen LogP contribution in [0.2, 0.25) is 0 Å². The lowest BCUT2D eigenvalue weighted by Gasteiger charge is -2.35. The van der Waals surface area contributed by atoms with Crippen molar-refractivity contribution in [3.05, 3.63) is 33.9 Å². The largest absolute Gasteiger partial charge is 0.375 e. The third-order valence-corrected chi connectivity index (χ3v) is 5.57. The second kappa shape index (κ2) is 9.37. The maximum Gasteiger partial charge on any atom is 0.293 e. The molecule has 0 unspecified atom stereocenters. The van der Waals surface area contributed by atoms with Gasteiger partial charge in [0.15, 0.2) is 0 Å². The van der Waals surface area contributed by atoms with Crippen molar-refractivity contribution >= 4 is 17.3 Å². The Hall–Kier alpha value is -2.15. The Bertz CT molecular complexity index is 693. The molecule has 3 rings (SSSR count). The Morgan fingerprint density at radius 1 is 1.14 bits per heavy atom. The molecule has 2 aliphatic rings. The lowest BCUT2D eigenvalue weighted by molar-refractivity contribution is -0.384. The zero-order valence-corrected chi connectivity index (χ0v) is 16.9. The molecule has 1 aliphatic carbocycles. The van der Waals surface area contributed by atoms with E-state index < -0.39 is 4.92 Å². The highest BCUT2D eigenvalue weighted by Crippen LogP contribution is 2.32. The summed E-state index contributed by atoms with van der Waals surface area (Å²) >= 11 is 0. The monoisotopic (exact) mass is 389 g/mol. The minimum absolute atomic E-state index is 0.0111. The van der Waals surface area contributed by atoms with Crippen molar-refractivity contribution in [2.45, 2.75) is 77.0 Å². The van der Waals surface area contributed by atoms with Crippen LogP contribution in [-0.2, 0) is 4.74 Å². The highest BCUT2D eigenvalue weighted by Gasteiger charge is 2.28. The van der Waals surface area contributed by atoms with Crippen molar-refractivity contribution in [1.29, 1.82) is 0 Å². The fourth-order valence-corrected chi connectivity index (χ4v) is 4.13. The van der Waals surface area contributed by atoms with Gasteiger partial charge in [0.2, 0.25) is 0 Å². The fraction of sp³-hybridized carbons (Fsp3) is 0.667. The molecule has 1 amide bonds. The molecule has 1 aromatic rings. The van der Waals surface area contributed by atoms with Crippen molar-refractivity contribution in [2.24, 2.45) is 0 Å². The standard InChI is InChI=1S/C21H31N3O4/c1-15(2)22-21(25)16-8-9-19(20(14-16)24(26)27)23-12-10-18(11-13-23)28-17-6-4-3-5-7-17/h8-9,14-15,17-18H,3-7,10-13H2,1-2H3,(H,22,25). The molecule has 2 fully saturated rings. The van der Waals surface area contributed by atoms with Gasteiger partial charge >= 0.3 is 0 Å². The van der Waals surface area contributed by atoms with E-state index in [0.717, 1.165) is 38.8 Å². The first-order valence-electron chi connectivity index (χ1n) is 10.4. The number of nitrogens with zero attached hydrogens (tertiary/aromatic N) is 2. The van der Waals surface area contributed by atoms with E-state index in [0.29, 0.717) is 17.4 Å². The van der Waals surface area contributed by atoms with Crippen LogP contribution >= 0.6 is 0 Å². The van der Waals surface area contributed by atoms with Crippen LogP contribution in [0, 0.1) is 10.1 Å². The van der Waals surface area contributed by atoms with Gasteiger partial charge in [0.1, 0.15) is 5.69 Å². The molecule has 7 heteroatoms. The molecule has 1 aromatic carbocycles. The molecule has 1 saturated carbocycles. The van der Waals surface area contributed by atoms with Gasteiger partial charge < -0.3 is 15.0 Å². The predicted octanol–water partition coefficient (Wildman–Crippen LogP) is 4.05. The van der Waals surface area contributed by atoms with Gasteiger partial charge in [-0.15, -0.1) is 0 Å². The van der Waals surface area contributed by atoms with Crippen molar-refractivity contribution in [3.8, 4) is 0 Å². The average molecular weight is 389 g/mol. The van der Waals surface area contributed by atoms with Gasteiger partial charge in [0.05, 0.1) is 17.1 Å². The summed E-state index contributed by atoms with van der Waals surface area (Å²) in [5.41, 5.74) is 0.893. The Balaban J connectivity index is 1.64. The molecule has 0 aromatic heterocycles. The number of carbonyl (C=O) groups is 1. The van der Waals surface area contributed by atoms with Gasteiger partial charge in [-0.1, -0.05) is 19.3 Å². The summed E-state index contributed by atoms with van der Waals surface area (Å²) in [5, 5.41) is 14.4. The number of hydrogen-bond donors (Lipinski definition) is 1. The topological polar surface area (TPSA) is 84.7 Å². The first-order valence-corrected chi connectivity index (χ1v) is 10.4. The molecule has 1 N–H and O–H groups in total. The van der Waals surface area contributed by atoms with Crippen LogP contribution in [0.15, 0.2) is 18.2 Å². The lowest BCUT2D eigenvalue weighted by atomic mass is 9.97. The maximum absolute atomic E-state index is 12.2. The van der Waals surface area contributed by atoms with Gasteiger partial charge in [-0.2, -0.15) is 0 Å². The molecule has 7 nitrogen and oxygen atoms in total. The highest BCUT2D eigenvalue weighted by molar-refractivity contribution is 5.96. The number of benzene rings is 1. The summed E-state index contributed by atoms with van der Waals surface area (Å²) in [5.74, 6) is -0.288. The molecule has 154 valence electrons. The minimum atomic E-state index is -0.397. The molecule has 0 atom stereocenters. The van der Waals surface area contributed by atoms with Gasteiger partial charge in [-0.25, -0.2) is 0 Å². The minimum Gasteiger partial charge on any atom is -0.375 e. The zero-order chi connectivity index (χ0) is 20.1. The first kappa shape index (κ1) is 20.6. The Morgan fingerprint density at radius 3 is 2.39 bits per heavy atom. The SMILES string of the molecule is CC(C)NC(=O)c1ccc(N2CCC(OC3CCCCC3)CC2)c([N+](=O)[O-])c1. The van der Waals surface area contributed by atoms with E-state index in [-0.39, 0.29) is 23.7 Å². The Morgan fingerprint density at radius 2 is 1.79 bits per heavy atom. The Kier molecular flexibility index (Phi) is 6.88. The molecule has 1 heterocycles. The van der Waals surface area contributed by atoms with Crippen molar-refractivity contribution in [1.82, 2.24) is 5.32 Å². The number of nitro benzene ring substituents is 1. The molecule has 0 radical (unpaired) electrons. The number of anilines is 1. The van der Waals surface area contributed by atoms with Gasteiger partial charge in [-0.3, -0.25) is 14.9 Å². The van der Waals surface area contributed by atoms with Gasteiger partial charge in [0, 0.05) is 30.8 Å². The second-order valence-electron chi connectivity index (χ2n) is 8.17. The molecule has 0 bridgehead atoms. The van der Waals surface area contributed by atoms with Crippen LogP contribution in [0.3, 0.4) is 0 Å². The van der Waals surface area contributed by atoms with Crippen LogP contribution < -0.4 is 10.2 Å². The van der Waals surface area contributed by atoms with Crippen LogP contribution in [0.25, 0.3) is 0 Å². The molecule has 28 heavy (non-hydrogen) atoms. The summed E-state index contributed by atoms with van der Waals surface area (Å²) in [6.45, 7) is 5.19. The predicted molar refractivity (Wildman–Crippen MR) is 109 cm³/mol. The van der Waals surface area contributed by atoms with E-state index >= 15 is 0 Å². The third-order valence-electron chi connectivity index (χ3n) is 5.57. The summed E-state index contributed by atoms with van der Waals surface area (Å²) in [7, 11) is 0. The number of carbonyl (C=O) groups excluding carboxylic acids is 1. The van der Waals surface area contributed by atoms with E-state index in [1.54, 1.807) is 12.1 Å². The van der Waals surface area contributed by atoms with Crippen LogP contribution in [0.1, 0.15) is 69.2 Å². The fourth-order valence-electron chi connectivity index (χ4n) is 4.13. The normalized spacial score (nSPS) is 19.0. The van der Waals surface area contributed by atoms with Gasteiger partial charge in [0.25, 0.3) is 11.6 Å². The molecular weight excluding hydrogens is 358 g/mol. The van der Waals surface area contributed by atoms with E-state index in [9.17, 15) is 14.9 Å². The van der Waals surface area contributed by atoms with Crippen LogP contribution in [0.4, 0.5) is 11.4 Å². The second-order valence-corrected chi connectivity index (χ2v) is 8.17. The number of amides is 1. The zero-order valence-electron chi connectivity index (χ0n) is 16.9. The average Bonchev–Trinajstić information content (AvgIpc) is 2.68. The van der Waals surface area contributed by atoms with Crippen molar-refractivity contribution in [3.63, 3.8) is 0 Å². The number of nitrogens with one attached hydrogen (secondary N) is 1. The molecule has 1 aliphatic heterocycles. The maximum atomic E-state index is 12.2. The van der Waals surface area contributed by atoms with Crippen LogP contribution in [0.5, 0.6) is 0 Å². The van der Waals surface area contributed by atoms with Crippen molar-refractivity contribution in [2.75, 3.05) is 18.0 Å². The quantitative estimate of drug-likeness (QED) is 0.586. The summed E-state index contributed by atoms with van der Waals surface area (Å²) < 4.78 is 6.27. The number of nitro groups is 1. The number of ether oxygens (including phenoxy) is 1. The molecule has 1 saturated heterocycles. The lowest BCUT2D eigenvalue weighted by Crippen LogP contribution is -2.39. The molecule has 0 spiro atoms.